The van der Waals surface area contributed by atoms with Crippen LogP contribution in [0.1, 0.15) is 21.0 Å². The van der Waals surface area contributed by atoms with Gasteiger partial charge in [-0.1, -0.05) is 15.9 Å². The van der Waals surface area contributed by atoms with E-state index in [-0.39, 0.29) is 5.91 Å². The zero-order chi connectivity index (χ0) is 15.7. The van der Waals surface area contributed by atoms with E-state index in [0.29, 0.717) is 11.4 Å². The molecule has 0 saturated heterocycles. The maximum atomic E-state index is 12.1. The minimum Gasteiger partial charge on any atom is -0.350 e. The maximum absolute atomic E-state index is 12.1. The number of hydrazine groups is 1. The van der Waals surface area contributed by atoms with E-state index in [0.717, 1.165) is 15.4 Å². The van der Waals surface area contributed by atoms with Crippen LogP contribution in [0.2, 0.25) is 0 Å². The lowest BCUT2D eigenvalue weighted by molar-refractivity contribution is 0.0840. The highest BCUT2D eigenvalue weighted by molar-refractivity contribution is 9.10. The highest BCUT2D eigenvalue weighted by Crippen LogP contribution is 2.20. The smallest absolute Gasteiger partial charge is 0.286 e. The summed E-state index contributed by atoms with van der Waals surface area (Å²) in [7, 11) is 1.76. The standard InChI is InChI=1S/C15H13BrN4O2/c1-20-6-2-3-13(20)15(22)19-18-14(21)12-8-9-7-10(16)4-5-11(9)17-12/h2-8,17H,1H3,(H,18,21)(H,19,22). The molecule has 3 rings (SSSR count). The second kappa shape index (κ2) is 5.69. The number of halogens is 1. The summed E-state index contributed by atoms with van der Waals surface area (Å²) in [4.78, 5) is 27.0. The Hall–Kier alpha value is -2.54. The Morgan fingerprint density at radius 2 is 1.91 bits per heavy atom. The average Bonchev–Trinajstić information content (AvgIpc) is 3.09. The number of nitrogens with one attached hydrogen (secondary N) is 3. The van der Waals surface area contributed by atoms with E-state index < -0.39 is 5.91 Å². The fourth-order valence-electron chi connectivity index (χ4n) is 2.17. The molecule has 22 heavy (non-hydrogen) atoms. The summed E-state index contributed by atoms with van der Waals surface area (Å²) in [5, 5.41) is 0.910. The van der Waals surface area contributed by atoms with Crippen molar-refractivity contribution in [3.63, 3.8) is 0 Å². The number of fused-ring (bicyclic) bond motifs is 1. The SMILES string of the molecule is Cn1cccc1C(=O)NNC(=O)c1cc2cc(Br)ccc2[nH]1. The van der Waals surface area contributed by atoms with Crippen molar-refractivity contribution in [1.82, 2.24) is 20.4 Å². The Balaban J connectivity index is 1.71. The highest BCUT2D eigenvalue weighted by Gasteiger charge is 2.13. The molecule has 1 aromatic carbocycles. The summed E-state index contributed by atoms with van der Waals surface area (Å²) in [6, 6.07) is 10.8. The summed E-state index contributed by atoms with van der Waals surface area (Å²) in [6.45, 7) is 0. The van der Waals surface area contributed by atoms with E-state index in [4.69, 9.17) is 0 Å². The van der Waals surface area contributed by atoms with Crippen molar-refractivity contribution >= 4 is 38.6 Å². The number of nitrogens with zero attached hydrogens (tertiary/aromatic N) is 1. The van der Waals surface area contributed by atoms with E-state index in [9.17, 15) is 9.59 Å². The third-order valence-electron chi connectivity index (χ3n) is 3.29. The quantitative estimate of drug-likeness (QED) is 0.613. The molecule has 0 radical (unpaired) electrons. The molecule has 0 fully saturated rings. The minimum absolute atomic E-state index is 0.375. The zero-order valence-corrected chi connectivity index (χ0v) is 13.3. The van der Waals surface area contributed by atoms with Gasteiger partial charge in [0, 0.05) is 28.6 Å². The molecule has 0 aliphatic rings. The van der Waals surface area contributed by atoms with Gasteiger partial charge in [-0.2, -0.15) is 0 Å². The normalized spacial score (nSPS) is 10.6. The Labute approximate surface area is 134 Å². The molecular weight excluding hydrogens is 348 g/mol. The van der Waals surface area contributed by atoms with Crippen molar-refractivity contribution in [3.05, 3.63) is 58.5 Å². The van der Waals surface area contributed by atoms with Crippen LogP contribution < -0.4 is 10.9 Å². The van der Waals surface area contributed by atoms with Crippen LogP contribution >= 0.6 is 15.9 Å². The van der Waals surface area contributed by atoms with Gasteiger partial charge in [-0.05, 0) is 36.4 Å². The van der Waals surface area contributed by atoms with Gasteiger partial charge in [0.1, 0.15) is 11.4 Å². The van der Waals surface area contributed by atoms with E-state index in [1.165, 1.54) is 0 Å². The van der Waals surface area contributed by atoms with Crippen LogP contribution in [0.5, 0.6) is 0 Å². The predicted octanol–water partition coefficient (Wildman–Crippen LogP) is 2.34. The molecule has 2 heterocycles. The van der Waals surface area contributed by atoms with Gasteiger partial charge in [-0.25, -0.2) is 0 Å². The molecule has 0 saturated carbocycles. The molecular formula is C15H13BrN4O2. The second-order valence-corrected chi connectivity index (χ2v) is 5.74. The number of aromatic nitrogens is 2. The van der Waals surface area contributed by atoms with Crippen molar-refractivity contribution < 1.29 is 9.59 Å². The number of amides is 2. The number of carbonyl (C=O) groups is 2. The molecule has 2 amide bonds. The second-order valence-electron chi connectivity index (χ2n) is 4.83. The molecule has 3 aromatic rings. The summed E-state index contributed by atoms with van der Waals surface area (Å²) in [5.41, 5.74) is 6.47. The van der Waals surface area contributed by atoms with E-state index in [1.54, 1.807) is 36.0 Å². The molecule has 7 heteroatoms. The molecule has 0 atom stereocenters. The number of hydrogen-bond acceptors (Lipinski definition) is 2. The minimum atomic E-state index is -0.408. The summed E-state index contributed by atoms with van der Waals surface area (Å²) >= 11 is 3.38. The van der Waals surface area contributed by atoms with Crippen molar-refractivity contribution in [2.75, 3.05) is 0 Å². The third kappa shape index (κ3) is 2.75. The predicted molar refractivity (Wildman–Crippen MR) is 86.3 cm³/mol. The first-order valence-electron chi connectivity index (χ1n) is 6.55. The Bertz CT molecular complexity index is 865. The number of H-pyrrole nitrogens is 1. The van der Waals surface area contributed by atoms with Gasteiger partial charge in [0.25, 0.3) is 11.8 Å². The largest absolute Gasteiger partial charge is 0.350 e. The van der Waals surface area contributed by atoms with Crippen LogP contribution in [-0.4, -0.2) is 21.4 Å². The van der Waals surface area contributed by atoms with Crippen LogP contribution in [0, 0.1) is 0 Å². The van der Waals surface area contributed by atoms with Crippen LogP contribution in [0.15, 0.2) is 47.1 Å². The summed E-state index contributed by atoms with van der Waals surface area (Å²) < 4.78 is 2.60. The molecule has 6 nitrogen and oxygen atoms in total. The van der Waals surface area contributed by atoms with Gasteiger partial charge in [0.05, 0.1) is 0 Å². The lowest BCUT2D eigenvalue weighted by Gasteiger charge is -2.06. The summed E-state index contributed by atoms with van der Waals surface area (Å²) in [5.74, 6) is -0.783. The monoisotopic (exact) mass is 360 g/mol. The van der Waals surface area contributed by atoms with Gasteiger partial charge in [0.15, 0.2) is 0 Å². The molecule has 0 aliphatic heterocycles. The lowest BCUT2D eigenvalue weighted by atomic mass is 10.2. The fraction of sp³-hybridized carbons (Fsp3) is 0.0667. The molecule has 0 unspecified atom stereocenters. The third-order valence-corrected chi connectivity index (χ3v) is 3.79. The number of aromatic amines is 1. The molecule has 2 aromatic heterocycles. The Morgan fingerprint density at radius 1 is 1.14 bits per heavy atom. The zero-order valence-electron chi connectivity index (χ0n) is 11.7. The van der Waals surface area contributed by atoms with Crippen molar-refractivity contribution in [2.24, 2.45) is 7.05 Å². The lowest BCUT2D eigenvalue weighted by Crippen LogP contribution is -2.42. The molecule has 112 valence electrons. The molecule has 0 spiro atoms. The van der Waals surface area contributed by atoms with Crippen molar-refractivity contribution in [2.45, 2.75) is 0 Å². The summed E-state index contributed by atoms with van der Waals surface area (Å²) in [6.07, 6.45) is 1.76. The van der Waals surface area contributed by atoms with Gasteiger partial charge >= 0.3 is 0 Å². The van der Waals surface area contributed by atoms with E-state index in [1.807, 2.05) is 18.2 Å². The van der Waals surface area contributed by atoms with Crippen LogP contribution in [-0.2, 0) is 7.05 Å². The van der Waals surface area contributed by atoms with Crippen LogP contribution in [0.3, 0.4) is 0 Å². The van der Waals surface area contributed by atoms with Crippen LogP contribution in [0.25, 0.3) is 10.9 Å². The average molecular weight is 361 g/mol. The van der Waals surface area contributed by atoms with Crippen LogP contribution in [0.4, 0.5) is 0 Å². The van der Waals surface area contributed by atoms with Gasteiger partial charge in [-0.3, -0.25) is 20.4 Å². The molecule has 0 aliphatic carbocycles. The van der Waals surface area contributed by atoms with E-state index >= 15 is 0 Å². The van der Waals surface area contributed by atoms with Gasteiger partial charge in [-0.15, -0.1) is 0 Å². The Kier molecular flexibility index (Phi) is 3.72. The first-order valence-corrected chi connectivity index (χ1v) is 7.34. The number of rotatable bonds is 2. The maximum Gasteiger partial charge on any atom is 0.286 e. The number of carbonyl (C=O) groups excluding carboxylic acids is 2. The first-order chi connectivity index (χ1) is 10.5. The topological polar surface area (TPSA) is 78.9 Å². The molecule has 0 bridgehead atoms. The fourth-order valence-corrected chi connectivity index (χ4v) is 2.55. The van der Waals surface area contributed by atoms with E-state index in [2.05, 4.69) is 31.8 Å². The van der Waals surface area contributed by atoms with Crippen molar-refractivity contribution in [3.8, 4) is 0 Å². The molecule has 3 N–H and O–H groups in total. The van der Waals surface area contributed by atoms with Crippen molar-refractivity contribution in [1.29, 1.82) is 0 Å². The van der Waals surface area contributed by atoms with Gasteiger partial charge < -0.3 is 9.55 Å². The number of benzene rings is 1. The van der Waals surface area contributed by atoms with Gasteiger partial charge in [0.2, 0.25) is 0 Å². The number of hydrogen-bond donors (Lipinski definition) is 3. The number of aryl methyl sites for hydroxylation is 1. The first kappa shape index (κ1) is 14.4. The highest BCUT2D eigenvalue weighted by atomic mass is 79.9. The Morgan fingerprint density at radius 3 is 2.64 bits per heavy atom.